The second kappa shape index (κ2) is 10.8. The van der Waals surface area contributed by atoms with Crippen molar-refractivity contribution in [3.05, 3.63) is 41.6 Å². The molecule has 45 heavy (non-hydrogen) atoms. The van der Waals surface area contributed by atoms with Gasteiger partial charge in [-0.2, -0.15) is 0 Å². The fourth-order valence-corrected chi connectivity index (χ4v) is 8.06. The molecule has 3 aromatic heterocycles. The predicted octanol–water partition coefficient (Wildman–Crippen LogP) is 3.93. The Labute approximate surface area is 262 Å². The van der Waals surface area contributed by atoms with Crippen molar-refractivity contribution in [2.45, 2.75) is 76.2 Å². The summed E-state index contributed by atoms with van der Waals surface area (Å²) in [6.45, 7) is 3.89. The number of pyridine rings is 1. The minimum absolute atomic E-state index is 0.00170. The van der Waals surface area contributed by atoms with Crippen LogP contribution < -0.4 is 15.8 Å². The number of aromatic nitrogens is 4. The summed E-state index contributed by atoms with van der Waals surface area (Å²) in [7, 11) is 3.64. The number of fused-ring (bicyclic) bond motifs is 5. The number of nitrogens with zero attached hydrogens (tertiary/aromatic N) is 5. The fraction of sp³-hybridized carbons (Fsp3) is 0.529. The third kappa shape index (κ3) is 4.78. The molecule has 4 bridgehead atoms. The van der Waals surface area contributed by atoms with E-state index in [0.29, 0.717) is 48.3 Å². The number of nitrogens with one attached hydrogen (secondary N) is 1. The van der Waals surface area contributed by atoms with E-state index < -0.39 is 0 Å². The molecule has 0 radical (unpaired) electrons. The summed E-state index contributed by atoms with van der Waals surface area (Å²) in [6.07, 6.45) is 5.34. The number of amides is 2. The molecule has 6 atom stereocenters. The molecule has 1 aromatic carbocycles. The van der Waals surface area contributed by atoms with Crippen LogP contribution in [0.3, 0.4) is 0 Å². The number of hydrogen-bond donors (Lipinski definition) is 2. The minimum Gasteiger partial charge on any atom is -0.494 e. The number of rotatable bonds is 3. The van der Waals surface area contributed by atoms with Gasteiger partial charge in [-0.1, -0.05) is 0 Å². The number of carbonyl (C=O) groups excluding carboxylic acids is 2. The highest BCUT2D eigenvalue weighted by Crippen LogP contribution is 2.43. The Bertz CT molecular complexity index is 1830. The van der Waals surface area contributed by atoms with Gasteiger partial charge in [0.25, 0.3) is 5.91 Å². The van der Waals surface area contributed by atoms with Crippen LogP contribution >= 0.6 is 0 Å². The van der Waals surface area contributed by atoms with Gasteiger partial charge in [0.05, 0.1) is 36.7 Å². The fourth-order valence-electron chi connectivity index (χ4n) is 8.06. The molecule has 11 nitrogen and oxygen atoms in total. The van der Waals surface area contributed by atoms with Crippen molar-refractivity contribution in [3.8, 4) is 17.3 Å². The van der Waals surface area contributed by atoms with E-state index in [4.69, 9.17) is 25.2 Å². The lowest BCUT2D eigenvalue weighted by molar-refractivity contribution is -0.122. The first-order chi connectivity index (χ1) is 21.8. The van der Waals surface area contributed by atoms with E-state index >= 15 is 0 Å². The maximum Gasteiger partial charge on any atom is 0.254 e. The average molecular weight is 612 g/mol. The number of nitrogens with two attached hydrogens (primary N) is 1. The van der Waals surface area contributed by atoms with E-state index in [1.807, 2.05) is 37.1 Å². The minimum atomic E-state index is -0.233. The Morgan fingerprint density at radius 1 is 1.11 bits per heavy atom. The summed E-state index contributed by atoms with van der Waals surface area (Å²) in [5, 5.41) is 4.09. The van der Waals surface area contributed by atoms with Crippen LogP contribution in [0, 0.1) is 11.8 Å². The Morgan fingerprint density at radius 2 is 1.98 bits per heavy atom. The zero-order chi connectivity index (χ0) is 31.0. The molecule has 3 N–H and O–H groups in total. The molecule has 3 aliphatic heterocycles. The smallest absolute Gasteiger partial charge is 0.254 e. The van der Waals surface area contributed by atoms with Crippen LogP contribution in [-0.2, 0) is 23.1 Å². The molecule has 11 heteroatoms. The van der Waals surface area contributed by atoms with Crippen LogP contribution in [0.1, 0.15) is 67.5 Å². The molecule has 236 valence electrons. The van der Waals surface area contributed by atoms with Gasteiger partial charge in [0.1, 0.15) is 16.9 Å². The maximum absolute atomic E-state index is 13.8. The Balaban J connectivity index is 1.21. The molecular formula is C34H41N7O4. The molecule has 6 heterocycles. The molecule has 4 aliphatic rings. The number of imidazole rings is 1. The van der Waals surface area contributed by atoms with Crippen LogP contribution in [0.25, 0.3) is 33.6 Å². The van der Waals surface area contributed by atoms with Crippen LogP contribution in [0.15, 0.2) is 30.3 Å². The summed E-state index contributed by atoms with van der Waals surface area (Å²) in [5.74, 6) is 2.48. The summed E-state index contributed by atoms with van der Waals surface area (Å²) in [5.41, 5.74) is 11.1. The van der Waals surface area contributed by atoms with Gasteiger partial charge in [0.15, 0.2) is 5.82 Å². The summed E-state index contributed by atoms with van der Waals surface area (Å²) in [6, 6.07) is 10.1. The Kier molecular flexibility index (Phi) is 6.87. The first-order valence-electron chi connectivity index (χ1n) is 16.3. The van der Waals surface area contributed by atoms with E-state index in [0.717, 1.165) is 72.4 Å². The number of methoxy groups -OCH3 is 1. The third-order valence-corrected chi connectivity index (χ3v) is 10.6. The van der Waals surface area contributed by atoms with Crippen molar-refractivity contribution in [1.29, 1.82) is 0 Å². The number of aryl methyl sites for hydroxylation is 2. The number of hydrogen-bond acceptors (Lipinski definition) is 7. The quantitative estimate of drug-likeness (QED) is 0.359. The van der Waals surface area contributed by atoms with Gasteiger partial charge < -0.3 is 34.6 Å². The molecule has 2 saturated heterocycles. The monoisotopic (exact) mass is 611 g/mol. The maximum atomic E-state index is 13.8. The third-order valence-electron chi connectivity index (χ3n) is 10.6. The van der Waals surface area contributed by atoms with Gasteiger partial charge in [0.2, 0.25) is 5.91 Å². The van der Waals surface area contributed by atoms with E-state index in [2.05, 4.69) is 26.6 Å². The normalized spacial score (nSPS) is 28.3. The topological polar surface area (TPSA) is 130 Å². The zero-order valence-electron chi connectivity index (χ0n) is 26.2. The van der Waals surface area contributed by atoms with Crippen LogP contribution in [-0.4, -0.2) is 74.3 Å². The lowest BCUT2D eigenvalue weighted by Gasteiger charge is -2.23. The first-order valence-corrected chi connectivity index (χ1v) is 16.3. The Morgan fingerprint density at radius 3 is 2.76 bits per heavy atom. The summed E-state index contributed by atoms with van der Waals surface area (Å²) < 4.78 is 16.1. The highest BCUT2D eigenvalue weighted by atomic mass is 16.5. The van der Waals surface area contributed by atoms with Crippen LogP contribution in [0.4, 0.5) is 0 Å². The first kappa shape index (κ1) is 28.5. The molecule has 0 unspecified atom stereocenters. The largest absolute Gasteiger partial charge is 0.494 e. The van der Waals surface area contributed by atoms with E-state index in [1.165, 1.54) is 0 Å². The van der Waals surface area contributed by atoms with E-state index in [1.54, 1.807) is 7.11 Å². The van der Waals surface area contributed by atoms with Crippen LogP contribution in [0.5, 0.6) is 5.75 Å². The van der Waals surface area contributed by atoms with Crippen molar-refractivity contribution >= 4 is 33.9 Å². The van der Waals surface area contributed by atoms with E-state index in [-0.39, 0.29) is 36.0 Å². The predicted molar refractivity (Wildman–Crippen MR) is 170 cm³/mol. The number of carbonyl (C=O) groups is 2. The zero-order valence-corrected chi connectivity index (χ0v) is 26.2. The number of benzene rings is 1. The molecular weight excluding hydrogens is 570 g/mol. The van der Waals surface area contributed by atoms with Gasteiger partial charge in [-0.15, -0.1) is 0 Å². The van der Waals surface area contributed by atoms with Gasteiger partial charge in [0, 0.05) is 55.7 Å². The van der Waals surface area contributed by atoms with Gasteiger partial charge in [-0.25, -0.2) is 9.97 Å². The molecule has 3 fully saturated rings. The molecule has 0 spiro atoms. The summed E-state index contributed by atoms with van der Waals surface area (Å²) in [4.78, 5) is 38.6. The lowest BCUT2D eigenvalue weighted by atomic mass is 9.97. The Hall–Kier alpha value is -3.96. The SMILES string of the molecule is COc1cc(C(=O)N2[C@H]3CC[C@@H]2[C@H](N)C3)cc2nc(-c3cc4ccc5nc4n3CC[C@H]3C[C@H]3COCCC(=O)N[C@@H]5C)n(C)c12. The molecule has 2 amide bonds. The summed E-state index contributed by atoms with van der Waals surface area (Å²) >= 11 is 0. The van der Waals surface area contributed by atoms with Crippen molar-refractivity contribution in [3.63, 3.8) is 0 Å². The lowest BCUT2D eigenvalue weighted by Crippen LogP contribution is -2.40. The molecule has 4 aromatic rings. The van der Waals surface area contributed by atoms with Crippen molar-refractivity contribution in [1.82, 2.24) is 29.3 Å². The van der Waals surface area contributed by atoms with Crippen molar-refractivity contribution in [2.24, 2.45) is 24.6 Å². The van der Waals surface area contributed by atoms with Gasteiger partial charge in [-0.05, 0) is 81.2 Å². The standard InChI is InChI=1S/C34H41N7O4/c1-18-25-6-4-20-14-28(40(32(20)37-25)10-8-19-12-22(19)17-45-11-9-30(42)36-18)33-38-26-13-21(15-29(44-3)31(26)39(33)2)34(43)41-23-5-7-27(41)24(35)16-23/h4,6,13-15,18-19,22-24,27H,5,7-12,16-17,35H2,1-3H3,(H,36,42)/t18-,19+,22+,23+,24-,27-/m1/s1. The molecule has 1 saturated carbocycles. The second-order valence-corrected chi connectivity index (χ2v) is 13.4. The molecule has 1 aliphatic carbocycles. The molecule has 8 rings (SSSR count). The highest BCUT2D eigenvalue weighted by Gasteiger charge is 2.47. The van der Waals surface area contributed by atoms with Gasteiger partial charge in [-0.3, -0.25) is 9.59 Å². The van der Waals surface area contributed by atoms with Crippen molar-refractivity contribution < 1.29 is 19.1 Å². The number of ether oxygens (including phenoxy) is 2. The van der Waals surface area contributed by atoms with E-state index in [9.17, 15) is 9.59 Å². The van der Waals surface area contributed by atoms with Crippen molar-refractivity contribution in [2.75, 3.05) is 20.3 Å². The van der Waals surface area contributed by atoms with Crippen LogP contribution in [0.2, 0.25) is 0 Å². The highest BCUT2D eigenvalue weighted by molar-refractivity contribution is 6.00. The second-order valence-electron chi connectivity index (χ2n) is 13.4. The van der Waals surface area contributed by atoms with Gasteiger partial charge >= 0.3 is 0 Å². The average Bonchev–Trinajstić information content (AvgIpc) is 3.28.